The SMILES string of the molecule is CCc1ccc(CCN(C)C(C)(C)CN)cc1. The van der Waals surface area contributed by atoms with Crippen molar-refractivity contribution >= 4 is 0 Å². The maximum Gasteiger partial charge on any atom is 0.0272 e. The smallest absolute Gasteiger partial charge is 0.0272 e. The van der Waals surface area contributed by atoms with Crippen LogP contribution in [-0.2, 0) is 12.8 Å². The van der Waals surface area contributed by atoms with Crippen LogP contribution < -0.4 is 5.73 Å². The summed E-state index contributed by atoms with van der Waals surface area (Å²) in [5, 5.41) is 0. The molecule has 0 aliphatic carbocycles. The summed E-state index contributed by atoms with van der Waals surface area (Å²) in [5.74, 6) is 0. The van der Waals surface area contributed by atoms with Crippen LogP contribution in [0.5, 0.6) is 0 Å². The van der Waals surface area contributed by atoms with E-state index in [0.717, 1.165) is 19.4 Å². The standard InChI is InChI=1S/C15H26N2/c1-5-13-6-8-14(9-7-13)10-11-17(4)15(2,3)12-16/h6-9H,5,10-12,16H2,1-4H3. The van der Waals surface area contributed by atoms with Crippen molar-refractivity contribution in [3.8, 4) is 0 Å². The summed E-state index contributed by atoms with van der Waals surface area (Å²) < 4.78 is 0. The van der Waals surface area contributed by atoms with Crippen LogP contribution in [0.4, 0.5) is 0 Å². The first-order valence-electron chi connectivity index (χ1n) is 6.48. The largest absolute Gasteiger partial charge is 0.329 e. The zero-order chi connectivity index (χ0) is 12.9. The number of nitrogens with two attached hydrogens (primary N) is 1. The molecule has 0 fully saturated rings. The Morgan fingerprint density at radius 1 is 1.12 bits per heavy atom. The molecule has 0 spiro atoms. The zero-order valence-corrected chi connectivity index (χ0v) is 11.7. The van der Waals surface area contributed by atoms with Crippen LogP contribution in [0.3, 0.4) is 0 Å². The molecule has 0 aliphatic rings. The highest BCUT2D eigenvalue weighted by Crippen LogP contribution is 2.12. The average Bonchev–Trinajstić information content (AvgIpc) is 2.36. The molecule has 0 aliphatic heterocycles. The van der Waals surface area contributed by atoms with Crippen LogP contribution in [0.2, 0.25) is 0 Å². The van der Waals surface area contributed by atoms with Crippen LogP contribution in [0.15, 0.2) is 24.3 Å². The first-order valence-corrected chi connectivity index (χ1v) is 6.48. The molecule has 0 unspecified atom stereocenters. The van der Waals surface area contributed by atoms with Gasteiger partial charge in [-0.15, -0.1) is 0 Å². The molecule has 1 aromatic rings. The molecule has 0 radical (unpaired) electrons. The van der Waals surface area contributed by atoms with E-state index in [1.54, 1.807) is 0 Å². The molecule has 1 rings (SSSR count). The Bertz CT molecular complexity index is 327. The Morgan fingerprint density at radius 2 is 1.65 bits per heavy atom. The quantitative estimate of drug-likeness (QED) is 0.819. The lowest BCUT2D eigenvalue weighted by atomic mass is 10.0. The van der Waals surface area contributed by atoms with E-state index in [1.165, 1.54) is 11.1 Å². The fraction of sp³-hybridized carbons (Fsp3) is 0.600. The highest BCUT2D eigenvalue weighted by Gasteiger charge is 2.20. The van der Waals surface area contributed by atoms with Gasteiger partial charge in [-0.05, 0) is 44.9 Å². The predicted molar refractivity (Wildman–Crippen MR) is 75.3 cm³/mol. The Kier molecular flexibility index (Phi) is 5.16. The Balaban J connectivity index is 2.50. The highest BCUT2D eigenvalue weighted by atomic mass is 15.2. The van der Waals surface area contributed by atoms with Crippen LogP contribution in [0, 0.1) is 0 Å². The molecule has 96 valence electrons. The van der Waals surface area contributed by atoms with Gasteiger partial charge in [0.25, 0.3) is 0 Å². The minimum atomic E-state index is 0.0867. The topological polar surface area (TPSA) is 29.3 Å². The van der Waals surface area contributed by atoms with E-state index in [-0.39, 0.29) is 5.54 Å². The Morgan fingerprint density at radius 3 is 2.12 bits per heavy atom. The van der Waals surface area contributed by atoms with Gasteiger partial charge in [-0.2, -0.15) is 0 Å². The number of hydrogen-bond acceptors (Lipinski definition) is 2. The molecule has 1 aromatic carbocycles. The van der Waals surface area contributed by atoms with Crippen molar-refractivity contribution in [3.63, 3.8) is 0 Å². The summed E-state index contributed by atoms with van der Waals surface area (Å²) in [4.78, 5) is 2.33. The monoisotopic (exact) mass is 234 g/mol. The molecule has 0 aromatic heterocycles. The van der Waals surface area contributed by atoms with Gasteiger partial charge in [0, 0.05) is 18.6 Å². The van der Waals surface area contributed by atoms with E-state index in [1.807, 2.05) is 0 Å². The molecule has 0 saturated carbocycles. The minimum Gasteiger partial charge on any atom is -0.329 e. The fourth-order valence-corrected chi connectivity index (χ4v) is 1.70. The van der Waals surface area contributed by atoms with Crippen LogP contribution in [0.1, 0.15) is 31.9 Å². The second kappa shape index (κ2) is 6.18. The third kappa shape index (κ3) is 4.14. The van der Waals surface area contributed by atoms with Crippen molar-refractivity contribution in [3.05, 3.63) is 35.4 Å². The second-order valence-corrected chi connectivity index (χ2v) is 5.36. The summed E-state index contributed by atoms with van der Waals surface area (Å²) in [7, 11) is 2.15. The number of benzene rings is 1. The second-order valence-electron chi connectivity index (χ2n) is 5.36. The van der Waals surface area contributed by atoms with Crippen molar-refractivity contribution in [2.24, 2.45) is 5.73 Å². The van der Waals surface area contributed by atoms with Gasteiger partial charge in [0.2, 0.25) is 0 Å². The molecule has 2 nitrogen and oxygen atoms in total. The van der Waals surface area contributed by atoms with Gasteiger partial charge in [-0.3, -0.25) is 4.90 Å². The van der Waals surface area contributed by atoms with Crippen molar-refractivity contribution in [2.75, 3.05) is 20.1 Å². The third-order valence-corrected chi connectivity index (χ3v) is 3.70. The number of hydrogen-bond donors (Lipinski definition) is 1. The van der Waals surface area contributed by atoms with Crippen molar-refractivity contribution in [1.29, 1.82) is 0 Å². The van der Waals surface area contributed by atoms with E-state index >= 15 is 0 Å². The van der Waals surface area contributed by atoms with Gasteiger partial charge in [0.15, 0.2) is 0 Å². The third-order valence-electron chi connectivity index (χ3n) is 3.70. The van der Waals surface area contributed by atoms with Crippen LogP contribution in [-0.4, -0.2) is 30.6 Å². The van der Waals surface area contributed by atoms with Gasteiger partial charge in [0.05, 0.1) is 0 Å². The van der Waals surface area contributed by atoms with Gasteiger partial charge < -0.3 is 5.73 Å². The zero-order valence-electron chi connectivity index (χ0n) is 11.7. The number of likely N-dealkylation sites (N-methyl/N-ethyl adjacent to an activating group) is 1. The normalized spacial score (nSPS) is 12.1. The molecular formula is C15H26N2. The van der Waals surface area contributed by atoms with E-state index in [0.29, 0.717) is 6.54 Å². The van der Waals surface area contributed by atoms with E-state index in [4.69, 9.17) is 5.73 Å². The van der Waals surface area contributed by atoms with Crippen molar-refractivity contribution in [1.82, 2.24) is 4.90 Å². The Hall–Kier alpha value is -0.860. The average molecular weight is 234 g/mol. The highest BCUT2D eigenvalue weighted by molar-refractivity contribution is 5.22. The summed E-state index contributed by atoms with van der Waals surface area (Å²) in [6.45, 7) is 8.31. The maximum atomic E-state index is 5.77. The molecule has 2 N–H and O–H groups in total. The first-order chi connectivity index (χ1) is 7.99. The minimum absolute atomic E-state index is 0.0867. The van der Waals surface area contributed by atoms with Crippen LogP contribution in [0.25, 0.3) is 0 Å². The molecular weight excluding hydrogens is 208 g/mol. The summed E-state index contributed by atoms with van der Waals surface area (Å²) in [5.41, 5.74) is 8.67. The predicted octanol–water partition coefficient (Wildman–Crippen LogP) is 2.46. The number of aryl methyl sites for hydroxylation is 1. The summed E-state index contributed by atoms with van der Waals surface area (Å²) in [6, 6.07) is 8.93. The first kappa shape index (κ1) is 14.2. The molecule has 0 atom stereocenters. The molecule has 0 heterocycles. The van der Waals surface area contributed by atoms with Gasteiger partial charge in [-0.1, -0.05) is 31.2 Å². The summed E-state index contributed by atoms with van der Waals surface area (Å²) >= 11 is 0. The number of rotatable bonds is 6. The molecule has 17 heavy (non-hydrogen) atoms. The van der Waals surface area contributed by atoms with Crippen molar-refractivity contribution in [2.45, 2.75) is 39.2 Å². The van der Waals surface area contributed by atoms with Crippen LogP contribution >= 0.6 is 0 Å². The molecule has 2 heteroatoms. The summed E-state index contributed by atoms with van der Waals surface area (Å²) in [6.07, 6.45) is 2.20. The molecule has 0 saturated heterocycles. The van der Waals surface area contributed by atoms with E-state index in [2.05, 4.69) is 57.0 Å². The van der Waals surface area contributed by atoms with E-state index < -0.39 is 0 Å². The molecule has 0 amide bonds. The maximum absolute atomic E-state index is 5.77. The van der Waals surface area contributed by atoms with Gasteiger partial charge in [0.1, 0.15) is 0 Å². The van der Waals surface area contributed by atoms with Gasteiger partial charge >= 0.3 is 0 Å². The van der Waals surface area contributed by atoms with Crippen molar-refractivity contribution < 1.29 is 0 Å². The lowest BCUT2D eigenvalue weighted by Gasteiger charge is -2.34. The lowest BCUT2D eigenvalue weighted by molar-refractivity contribution is 0.166. The lowest BCUT2D eigenvalue weighted by Crippen LogP contribution is -2.47. The fourth-order valence-electron chi connectivity index (χ4n) is 1.70. The Labute approximate surface area is 106 Å². The van der Waals surface area contributed by atoms with Gasteiger partial charge in [-0.25, -0.2) is 0 Å². The number of nitrogens with zero attached hydrogens (tertiary/aromatic N) is 1. The van der Waals surface area contributed by atoms with E-state index in [9.17, 15) is 0 Å². The molecule has 0 bridgehead atoms.